The van der Waals surface area contributed by atoms with Gasteiger partial charge in [-0.1, -0.05) is 0 Å². The highest BCUT2D eigenvalue weighted by atomic mass is 19.1. The van der Waals surface area contributed by atoms with Crippen LogP contribution >= 0.6 is 0 Å². The van der Waals surface area contributed by atoms with Gasteiger partial charge in [0.05, 0.1) is 7.11 Å². The molecular weight excluding hydrogens is 218 g/mol. The first kappa shape index (κ1) is 12.4. The summed E-state index contributed by atoms with van der Waals surface area (Å²) in [7, 11) is 1.25. The molecule has 0 bridgehead atoms. The average molecular weight is 230 g/mol. The molecule has 0 aliphatic carbocycles. The van der Waals surface area contributed by atoms with Gasteiger partial charge in [-0.2, -0.15) is 0 Å². The Morgan fingerprint density at radius 1 is 1.44 bits per heavy atom. The van der Waals surface area contributed by atoms with E-state index < -0.39 is 17.6 Å². The van der Waals surface area contributed by atoms with Crippen molar-refractivity contribution in [2.24, 2.45) is 0 Å². The van der Waals surface area contributed by atoms with E-state index in [0.29, 0.717) is 0 Å². The maximum atomic E-state index is 13.5. The molecule has 0 radical (unpaired) electrons. The normalized spacial score (nSPS) is 10.2. The van der Waals surface area contributed by atoms with Crippen LogP contribution in [-0.4, -0.2) is 18.2 Å². The quantitative estimate of drug-likeness (QED) is 0.844. The van der Waals surface area contributed by atoms with Crippen molar-refractivity contribution in [2.45, 2.75) is 19.3 Å². The van der Waals surface area contributed by atoms with E-state index in [-0.39, 0.29) is 30.6 Å². The molecule has 0 aromatic heterocycles. The maximum absolute atomic E-state index is 13.5. The number of carboxylic acid groups (broad SMARTS) is 1. The zero-order valence-electron chi connectivity index (χ0n) is 8.80. The van der Waals surface area contributed by atoms with Crippen LogP contribution in [0.1, 0.15) is 18.4 Å². The summed E-state index contributed by atoms with van der Waals surface area (Å²) in [5, 5.41) is 8.42. The summed E-state index contributed by atoms with van der Waals surface area (Å²) < 4.78 is 31.2. The zero-order valence-corrected chi connectivity index (χ0v) is 8.80. The SMILES string of the molecule is COc1cc(F)cc(CCCC(=O)O)c1F. The van der Waals surface area contributed by atoms with E-state index in [9.17, 15) is 13.6 Å². The van der Waals surface area contributed by atoms with Crippen molar-refractivity contribution in [3.05, 3.63) is 29.3 Å². The Morgan fingerprint density at radius 2 is 2.12 bits per heavy atom. The Labute approximate surface area is 91.7 Å². The summed E-state index contributed by atoms with van der Waals surface area (Å²) in [4.78, 5) is 10.3. The fourth-order valence-corrected chi connectivity index (χ4v) is 1.38. The van der Waals surface area contributed by atoms with Crippen molar-refractivity contribution < 1.29 is 23.4 Å². The Bertz CT molecular complexity index is 391. The van der Waals surface area contributed by atoms with Gasteiger partial charge in [0, 0.05) is 12.5 Å². The van der Waals surface area contributed by atoms with Crippen LogP contribution in [0, 0.1) is 11.6 Å². The Balaban J connectivity index is 2.78. The van der Waals surface area contributed by atoms with E-state index in [4.69, 9.17) is 5.11 Å². The molecule has 3 nitrogen and oxygen atoms in total. The number of aryl methyl sites for hydroxylation is 1. The number of benzene rings is 1. The minimum absolute atomic E-state index is 0.0712. The molecule has 0 heterocycles. The Morgan fingerprint density at radius 3 is 2.69 bits per heavy atom. The monoisotopic (exact) mass is 230 g/mol. The fourth-order valence-electron chi connectivity index (χ4n) is 1.38. The van der Waals surface area contributed by atoms with Crippen molar-refractivity contribution in [3.8, 4) is 5.75 Å². The second-order valence-corrected chi connectivity index (χ2v) is 3.33. The molecule has 1 aromatic carbocycles. The Kier molecular flexibility index (Phi) is 4.22. The van der Waals surface area contributed by atoms with Gasteiger partial charge in [0.1, 0.15) is 5.82 Å². The third-order valence-corrected chi connectivity index (χ3v) is 2.14. The number of rotatable bonds is 5. The molecule has 0 saturated heterocycles. The molecular formula is C11H12F2O3. The van der Waals surface area contributed by atoms with Gasteiger partial charge in [-0.05, 0) is 24.5 Å². The number of methoxy groups -OCH3 is 1. The predicted octanol–water partition coefficient (Wildman–Crippen LogP) is 2.38. The highest BCUT2D eigenvalue weighted by Crippen LogP contribution is 2.23. The molecule has 88 valence electrons. The van der Waals surface area contributed by atoms with Crippen LogP contribution in [0.2, 0.25) is 0 Å². The third kappa shape index (κ3) is 3.18. The zero-order chi connectivity index (χ0) is 12.1. The lowest BCUT2D eigenvalue weighted by Crippen LogP contribution is -2.00. The van der Waals surface area contributed by atoms with E-state index in [0.717, 1.165) is 12.1 Å². The molecule has 0 aliphatic rings. The highest BCUT2D eigenvalue weighted by Gasteiger charge is 2.11. The first-order valence-corrected chi connectivity index (χ1v) is 4.78. The number of halogens is 2. The first-order chi connectivity index (χ1) is 7.54. The first-order valence-electron chi connectivity index (χ1n) is 4.78. The van der Waals surface area contributed by atoms with Gasteiger partial charge in [-0.25, -0.2) is 8.78 Å². The van der Waals surface area contributed by atoms with Crippen LogP contribution in [0.15, 0.2) is 12.1 Å². The second kappa shape index (κ2) is 5.44. The van der Waals surface area contributed by atoms with Crippen molar-refractivity contribution in [1.82, 2.24) is 0 Å². The Hall–Kier alpha value is -1.65. The predicted molar refractivity (Wildman–Crippen MR) is 53.5 cm³/mol. The summed E-state index contributed by atoms with van der Waals surface area (Å²) in [5.74, 6) is -2.34. The number of carboxylic acids is 1. The number of aliphatic carboxylic acids is 1. The minimum Gasteiger partial charge on any atom is -0.494 e. The standard InChI is InChI=1S/C11H12F2O3/c1-16-9-6-8(12)5-7(11(9)13)3-2-4-10(14)15/h5-6H,2-4H2,1H3,(H,14,15). The molecule has 0 saturated carbocycles. The van der Waals surface area contributed by atoms with Crippen LogP contribution in [-0.2, 0) is 11.2 Å². The third-order valence-electron chi connectivity index (χ3n) is 2.14. The highest BCUT2D eigenvalue weighted by molar-refractivity contribution is 5.66. The number of ether oxygens (including phenoxy) is 1. The lowest BCUT2D eigenvalue weighted by molar-refractivity contribution is -0.137. The molecule has 0 spiro atoms. The van der Waals surface area contributed by atoms with Crippen LogP contribution in [0.3, 0.4) is 0 Å². The summed E-state index contributed by atoms with van der Waals surface area (Å²) in [5.41, 5.74) is 0.137. The lowest BCUT2D eigenvalue weighted by Gasteiger charge is -2.07. The van der Waals surface area contributed by atoms with Gasteiger partial charge in [0.25, 0.3) is 0 Å². The van der Waals surface area contributed by atoms with E-state index in [2.05, 4.69) is 4.74 Å². The molecule has 0 amide bonds. The molecule has 0 fully saturated rings. The van der Waals surface area contributed by atoms with Gasteiger partial charge in [-0.15, -0.1) is 0 Å². The molecule has 16 heavy (non-hydrogen) atoms. The van der Waals surface area contributed by atoms with Crippen LogP contribution < -0.4 is 4.74 Å². The van der Waals surface area contributed by atoms with E-state index in [1.807, 2.05) is 0 Å². The van der Waals surface area contributed by atoms with Crippen molar-refractivity contribution in [1.29, 1.82) is 0 Å². The fraction of sp³-hybridized carbons (Fsp3) is 0.364. The smallest absolute Gasteiger partial charge is 0.303 e. The van der Waals surface area contributed by atoms with Gasteiger partial charge in [0.15, 0.2) is 11.6 Å². The largest absolute Gasteiger partial charge is 0.494 e. The molecule has 1 aromatic rings. The van der Waals surface area contributed by atoms with Crippen molar-refractivity contribution in [2.75, 3.05) is 7.11 Å². The van der Waals surface area contributed by atoms with Gasteiger partial charge in [0.2, 0.25) is 0 Å². The van der Waals surface area contributed by atoms with Gasteiger partial charge >= 0.3 is 5.97 Å². The van der Waals surface area contributed by atoms with Crippen molar-refractivity contribution in [3.63, 3.8) is 0 Å². The molecule has 0 atom stereocenters. The molecule has 5 heteroatoms. The minimum atomic E-state index is -0.955. The average Bonchev–Trinajstić information content (AvgIpc) is 2.22. The van der Waals surface area contributed by atoms with Crippen LogP contribution in [0.4, 0.5) is 8.78 Å². The number of carbonyl (C=O) groups is 1. The second-order valence-electron chi connectivity index (χ2n) is 3.33. The van der Waals surface area contributed by atoms with E-state index in [1.165, 1.54) is 7.11 Å². The van der Waals surface area contributed by atoms with E-state index in [1.54, 1.807) is 0 Å². The van der Waals surface area contributed by atoms with Crippen molar-refractivity contribution >= 4 is 5.97 Å². The van der Waals surface area contributed by atoms with Crippen LogP contribution in [0.25, 0.3) is 0 Å². The number of hydrogen-bond acceptors (Lipinski definition) is 2. The maximum Gasteiger partial charge on any atom is 0.303 e. The molecule has 0 aliphatic heterocycles. The molecule has 0 unspecified atom stereocenters. The summed E-state index contributed by atoms with van der Waals surface area (Å²) in [6.45, 7) is 0. The lowest BCUT2D eigenvalue weighted by atomic mass is 10.1. The van der Waals surface area contributed by atoms with Gasteiger partial charge < -0.3 is 9.84 Å². The number of hydrogen-bond donors (Lipinski definition) is 1. The van der Waals surface area contributed by atoms with E-state index >= 15 is 0 Å². The molecule has 1 rings (SSSR count). The summed E-state index contributed by atoms with van der Waals surface area (Å²) in [6.07, 6.45) is 0.364. The topological polar surface area (TPSA) is 46.5 Å². The molecule has 1 N–H and O–H groups in total. The summed E-state index contributed by atoms with van der Waals surface area (Å²) >= 11 is 0. The van der Waals surface area contributed by atoms with Crippen LogP contribution in [0.5, 0.6) is 5.75 Å². The van der Waals surface area contributed by atoms with Gasteiger partial charge in [-0.3, -0.25) is 4.79 Å². The summed E-state index contributed by atoms with van der Waals surface area (Å²) in [6, 6.07) is 2.01.